The monoisotopic (exact) mass is 219 g/mol. The average Bonchev–Trinajstić information content (AvgIpc) is 2.28. The summed E-state index contributed by atoms with van der Waals surface area (Å²) < 4.78 is 0. The fourth-order valence-electron chi connectivity index (χ4n) is 1.52. The van der Waals surface area contributed by atoms with Crippen LogP contribution in [0.3, 0.4) is 0 Å². The number of nitrogens with one attached hydrogen (secondary N) is 1. The molecule has 0 aromatic heterocycles. The third kappa shape index (κ3) is 3.78. The van der Waals surface area contributed by atoms with E-state index in [0.717, 1.165) is 24.9 Å². The summed E-state index contributed by atoms with van der Waals surface area (Å²) in [7, 11) is 0. The molecule has 0 spiro atoms. The van der Waals surface area contributed by atoms with Crippen molar-refractivity contribution in [3.63, 3.8) is 0 Å². The van der Waals surface area contributed by atoms with Crippen LogP contribution in [0.1, 0.15) is 41.3 Å². The maximum absolute atomic E-state index is 11.8. The second-order valence-corrected chi connectivity index (χ2v) is 4.25. The van der Waals surface area contributed by atoms with Gasteiger partial charge in [-0.3, -0.25) is 4.79 Å². The first-order valence-corrected chi connectivity index (χ1v) is 5.96. The van der Waals surface area contributed by atoms with Crippen LogP contribution in [0.15, 0.2) is 18.2 Å². The molecule has 1 rings (SSSR count). The first-order chi connectivity index (χ1) is 7.65. The lowest BCUT2D eigenvalue weighted by atomic mass is 10.0. The van der Waals surface area contributed by atoms with Gasteiger partial charge >= 0.3 is 0 Å². The van der Waals surface area contributed by atoms with E-state index in [1.165, 1.54) is 11.1 Å². The zero-order valence-electron chi connectivity index (χ0n) is 10.5. The van der Waals surface area contributed by atoms with Crippen molar-refractivity contribution in [2.24, 2.45) is 0 Å². The van der Waals surface area contributed by atoms with Crippen LogP contribution < -0.4 is 5.32 Å². The van der Waals surface area contributed by atoms with Crippen LogP contribution in [-0.2, 0) is 0 Å². The molecule has 0 aliphatic carbocycles. The Hall–Kier alpha value is -1.15. The number of carbonyl (C=O) groups is 1. The third-order valence-electron chi connectivity index (χ3n) is 2.82. The summed E-state index contributed by atoms with van der Waals surface area (Å²) in [5.74, 6) is 0.180. The summed E-state index contributed by atoms with van der Waals surface area (Å²) >= 11 is 0. The Morgan fingerprint density at radius 3 is 2.62 bits per heavy atom. The van der Waals surface area contributed by atoms with Gasteiger partial charge in [-0.15, -0.1) is 0 Å². The van der Waals surface area contributed by atoms with E-state index in [-0.39, 0.29) is 5.78 Å². The molecule has 0 atom stereocenters. The Balaban J connectivity index is 2.50. The molecule has 0 aliphatic heterocycles. The average molecular weight is 219 g/mol. The molecule has 0 unspecified atom stereocenters. The maximum atomic E-state index is 11.8. The van der Waals surface area contributed by atoms with Crippen molar-refractivity contribution in [3.05, 3.63) is 34.9 Å². The predicted octanol–water partition coefficient (Wildman–Crippen LogP) is 2.88. The number of ketones is 1. The molecule has 2 nitrogen and oxygen atoms in total. The summed E-state index contributed by atoms with van der Waals surface area (Å²) in [6.07, 6.45) is 2.28. The number of carbonyl (C=O) groups excluding carboxylic acids is 1. The molecule has 88 valence electrons. The quantitative estimate of drug-likeness (QED) is 0.589. The molecule has 1 aromatic carbocycles. The van der Waals surface area contributed by atoms with E-state index in [0.29, 0.717) is 6.54 Å². The highest BCUT2D eigenvalue weighted by Crippen LogP contribution is 2.10. The van der Waals surface area contributed by atoms with E-state index in [1.807, 2.05) is 25.1 Å². The van der Waals surface area contributed by atoms with Gasteiger partial charge in [-0.1, -0.05) is 25.5 Å². The first-order valence-electron chi connectivity index (χ1n) is 5.96. The second-order valence-electron chi connectivity index (χ2n) is 4.25. The van der Waals surface area contributed by atoms with Gasteiger partial charge in [-0.25, -0.2) is 0 Å². The zero-order valence-corrected chi connectivity index (χ0v) is 10.5. The van der Waals surface area contributed by atoms with Gasteiger partial charge in [-0.2, -0.15) is 0 Å². The fourth-order valence-corrected chi connectivity index (χ4v) is 1.52. The standard InChI is InChI=1S/C14H21NO/c1-4-5-8-15-10-14(16)13-7-6-11(2)12(3)9-13/h6-7,9,15H,4-5,8,10H2,1-3H3. The highest BCUT2D eigenvalue weighted by molar-refractivity contribution is 5.97. The molecule has 2 heteroatoms. The Morgan fingerprint density at radius 2 is 2.00 bits per heavy atom. The van der Waals surface area contributed by atoms with Crippen molar-refractivity contribution < 1.29 is 4.79 Å². The summed E-state index contributed by atoms with van der Waals surface area (Å²) in [5.41, 5.74) is 3.22. The van der Waals surface area contributed by atoms with Gasteiger partial charge in [0.15, 0.2) is 5.78 Å². The molecule has 0 bridgehead atoms. The number of hydrogen-bond donors (Lipinski definition) is 1. The van der Waals surface area contributed by atoms with Crippen LogP contribution in [-0.4, -0.2) is 18.9 Å². The lowest BCUT2D eigenvalue weighted by Crippen LogP contribution is -2.24. The van der Waals surface area contributed by atoms with Gasteiger partial charge in [0.05, 0.1) is 6.54 Å². The fraction of sp³-hybridized carbons (Fsp3) is 0.500. The van der Waals surface area contributed by atoms with Gasteiger partial charge in [-0.05, 0) is 44.0 Å². The van der Waals surface area contributed by atoms with Crippen molar-refractivity contribution in [2.45, 2.75) is 33.6 Å². The number of rotatable bonds is 6. The number of benzene rings is 1. The van der Waals surface area contributed by atoms with E-state index in [9.17, 15) is 4.79 Å². The van der Waals surface area contributed by atoms with Gasteiger partial charge in [0.1, 0.15) is 0 Å². The summed E-state index contributed by atoms with van der Waals surface area (Å²) in [6.45, 7) is 7.61. The van der Waals surface area contributed by atoms with Gasteiger partial charge in [0, 0.05) is 5.56 Å². The highest BCUT2D eigenvalue weighted by Gasteiger charge is 2.05. The Bertz CT molecular complexity index is 358. The Kier molecular flexibility index (Phi) is 5.20. The smallest absolute Gasteiger partial charge is 0.176 e. The number of unbranched alkanes of at least 4 members (excludes halogenated alkanes) is 1. The Morgan fingerprint density at radius 1 is 1.25 bits per heavy atom. The normalized spacial score (nSPS) is 10.4. The van der Waals surface area contributed by atoms with E-state index in [1.54, 1.807) is 0 Å². The molecule has 0 amide bonds. The topological polar surface area (TPSA) is 29.1 Å². The van der Waals surface area contributed by atoms with Crippen LogP contribution in [0.5, 0.6) is 0 Å². The van der Waals surface area contributed by atoms with Crippen LogP contribution in [0.4, 0.5) is 0 Å². The van der Waals surface area contributed by atoms with Gasteiger partial charge in [0.25, 0.3) is 0 Å². The molecule has 0 aliphatic rings. The van der Waals surface area contributed by atoms with Crippen molar-refractivity contribution in [1.29, 1.82) is 0 Å². The van der Waals surface area contributed by atoms with E-state index in [2.05, 4.69) is 19.2 Å². The Labute approximate surface area is 98.1 Å². The van der Waals surface area contributed by atoms with E-state index in [4.69, 9.17) is 0 Å². The van der Waals surface area contributed by atoms with Crippen LogP contribution >= 0.6 is 0 Å². The molecule has 0 saturated heterocycles. The molecule has 1 aromatic rings. The highest BCUT2D eigenvalue weighted by atomic mass is 16.1. The van der Waals surface area contributed by atoms with E-state index < -0.39 is 0 Å². The van der Waals surface area contributed by atoms with Crippen LogP contribution in [0.2, 0.25) is 0 Å². The first kappa shape index (κ1) is 12.9. The SMILES string of the molecule is CCCCNCC(=O)c1ccc(C)c(C)c1. The summed E-state index contributed by atoms with van der Waals surface area (Å²) in [5, 5.41) is 3.17. The van der Waals surface area contributed by atoms with Crippen molar-refractivity contribution in [2.75, 3.05) is 13.1 Å². The number of Topliss-reactive ketones (excluding diaryl/α,β-unsaturated/α-hetero) is 1. The molecule has 0 heterocycles. The molecule has 0 fully saturated rings. The van der Waals surface area contributed by atoms with Crippen molar-refractivity contribution in [1.82, 2.24) is 5.32 Å². The summed E-state index contributed by atoms with van der Waals surface area (Å²) in [6, 6.07) is 5.89. The molecular formula is C14H21NO. The van der Waals surface area contributed by atoms with Crippen molar-refractivity contribution >= 4 is 5.78 Å². The number of aryl methyl sites for hydroxylation is 2. The molecule has 0 saturated carbocycles. The van der Waals surface area contributed by atoms with E-state index >= 15 is 0 Å². The largest absolute Gasteiger partial charge is 0.310 e. The minimum atomic E-state index is 0.180. The molecular weight excluding hydrogens is 198 g/mol. The number of hydrogen-bond acceptors (Lipinski definition) is 2. The maximum Gasteiger partial charge on any atom is 0.176 e. The van der Waals surface area contributed by atoms with Crippen LogP contribution in [0, 0.1) is 13.8 Å². The minimum absolute atomic E-state index is 0.180. The van der Waals surface area contributed by atoms with Crippen LogP contribution in [0.25, 0.3) is 0 Å². The van der Waals surface area contributed by atoms with Gasteiger partial charge < -0.3 is 5.32 Å². The second kappa shape index (κ2) is 6.44. The minimum Gasteiger partial charge on any atom is -0.310 e. The van der Waals surface area contributed by atoms with Crippen molar-refractivity contribution in [3.8, 4) is 0 Å². The lowest BCUT2D eigenvalue weighted by molar-refractivity contribution is 0.0991. The molecule has 0 radical (unpaired) electrons. The summed E-state index contributed by atoms with van der Waals surface area (Å²) in [4.78, 5) is 11.8. The molecule has 16 heavy (non-hydrogen) atoms. The zero-order chi connectivity index (χ0) is 12.0. The van der Waals surface area contributed by atoms with Gasteiger partial charge in [0.2, 0.25) is 0 Å². The predicted molar refractivity (Wildman–Crippen MR) is 68.0 cm³/mol. The lowest BCUT2D eigenvalue weighted by Gasteiger charge is -2.05. The third-order valence-corrected chi connectivity index (χ3v) is 2.82. The molecule has 1 N–H and O–H groups in total.